The number of halogens is 1. The molecule has 3 unspecified atom stereocenters. The van der Waals surface area contributed by atoms with Crippen LogP contribution in [0.4, 0.5) is 5.69 Å². The van der Waals surface area contributed by atoms with Crippen molar-refractivity contribution in [3.63, 3.8) is 0 Å². The molecule has 4 N–H and O–H groups in total. The molecule has 1 aromatic carbocycles. The number of hydrogen-bond donors (Lipinski definition) is 4. The number of rotatable bonds is 2. The quantitative estimate of drug-likeness (QED) is 0.507. The first-order valence-electron chi connectivity index (χ1n) is 10.1. The lowest BCUT2D eigenvalue weighted by Gasteiger charge is -2.53. The molecule has 9 heteroatoms. The van der Waals surface area contributed by atoms with Gasteiger partial charge in [0.2, 0.25) is 0 Å². The molecule has 0 bridgehead atoms. The first-order valence-corrected chi connectivity index (χ1v) is 10.1. The average molecular weight is 423 g/mol. The van der Waals surface area contributed by atoms with Gasteiger partial charge in [-0.2, -0.15) is 0 Å². The Hall–Kier alpha value is -1.71. The third kappa shape index (κ3) is 3.33. The largest absolute Gasteiger partial charge is 0.379 e. The minimum Gasteiger partial charge on any atom is -0.379 e. The summed E-state index contributed by atoms with van der Waals surface area (Å²) in [7, 11) is 0. The number of carbonyl (C=O) groups excluding carboxylic acids is 2. The fourth-order valence-corrected chi connectivity index (χ4v) is 5.11. The van der Waals surface area contributed by atoms with Crippen LogP contribution in [0, 0.1) is 5.41 Å². The molecule has 0 aromatic heterocycles. The van der Waals surface area contributed by atoms with Crippen molar-refractivity contribution in [2.24, 2.45) is 5.41 Å². The Bertz CT molecular complexity index is 821. The Morgan fingerprint density at radius 3 is 2.38 bits per heavy atom. The first-order chi connectivity index (χ1) is 13.5. The zero-order valence-corrected chi connectivity index (χ0v) is 17.0. The molecule has 3 fully saturated rings. The van der Waals surface area contributed by atoms with Crippen molar-refractivity contribution in [3.8, 4) is 0 Å². The number of aliphatic hydroxyl groups excluding tert-OH is 2. The summed E-state index contributed by atoms with van der Waals surface area (Å²) >= 11 is 0. The van der Waals surface area contributed by atoms with Crippen LogP contribution in [0.5, 0.6) is 0 Å². The number of benzene rings is 1. The molecule has 0 radical (unpaired) electrons. The van der Waals surface area contributed by atoms with Gasteiger partial charge in [-0.1, -0.05) is 0 Å². The molecule has 1 spiro atoms. The number of fused-ring (bicyclic) bond motifs is 1. The maximum Gasteiger partial charge on any atom is 0.262 e. The van der Waals surface area contributed by atoms with E-state index in [0.29, 0.717) is 29.4 Å². The lowest BCUT2D eigenvalue weighted by Crippen LogP contribution is -2.60. The van der Waals surface area contributed by atoms with E-state index in [1.807, 2.05) is 12.1 Å². The van der Waals surface area contributed by atoms with Crippen molar-refractivity contribution in [1.29, 1.82) is 0 Å². The van der Waals surface area contributed by atoms with E-state index in [-0.39, 0.29) is 24.2 Å². The van der Waals surface area contributed by atoms with Gasteiger partial charge >= 0.3 is 0 Å². The maximum absolute atomic E-state index is 13.0. The number of amides is 2. The maximum atomic E-state index is 13.0. The average Bonchev–Trinajstić information content (AvgIpc) is 2.91. The van der Waals surface area contributed by atoms with E-state index in [1.54, 1.807) is 6.07 Å². The van der Waals surface area contributed by atoms with Crippen molar-refractivity contribution in [2.75, 3.05) is 31.1 Å². The van der Waals surface area contributed by atoms with Gasteiger partial charge < -0.3 is 20.4 Å². The Kier molecular flexibility index (Phi) is 5.33. The van der Waals surface area contributed by atoms with Gasteiger partial charge in [-0.05, 0) is 57.0 Å². The van der Waals surface area contributed by atoms with Gasteiger partial charge in [-0.3, -0.25) is 19.8 Å². The molecule has 0 aliphatic carbocycles. The zero-order valence-electron chi connectivity index (χ0n) is 16.1. The topological polar surface area (TPSA) is 105 Å². The molecule has 0 saturated carbocycles. The van der Waals surface area contributed by atoms with Gasteiger partial charge in [0.05, 0.1) is 17.2 Å². The van der Waals surface area contributed by atoms with E-state index < -0.39 is 18.5 Å². The van der Waals surface area contributed by atoms with E-state index >= 15 is 0 Å². The smallest absolute Gasteiger partial charge is 0.262 e. The Morgan fingerprint density at radius 2 is 1.69 bits per heavy atom. The molecule has 4 heterocycles. The molecule has 2 amide bonds. The zero-order chi connectivity index (χ0) is 19.5. The summed E-state index contributed by atoms with van der Waals surface area (Å²) < 4.78 is 0. The molecule has 8 nitrogen and oxygen atoms in total. The summed E-state index contributed by atoms with van der Waals surface area (Å²) in [5, 5.41) is 25.8. The Morgan fingerprint density at radius 1 is 1.00 bits per heavy atom. The highest BCUT2D eigenvalue weighted by Gasteiger charge is 2.46. The van der Waals surface area contributed by atoms with Crippen molar-refractivity contribution in [1.82, 2.24) is 15.5 Å². The molecular weight excluding hydrogens is 396 g/mol. The second-order valence-corrected chi connectivity index (χ2v) is 8.59. The van der Waals surface area contributed by atoms with Gasteiger partial charge in [0.1, 0.15) is 12.5 Å². The number of aliphatic hydroxyl groups is 2. The molecule has 3 atom stereocenters. The van der Waals surface area contributed by atoms with Crippen molar-refractivity contribution >= 4 is 29.9 Å². The standard InChI is InChI=1S/C20H26N4O4.ClH/c25-16-4-3-15(17(26)22-16)24-18(27)13-2-1-12(9-14(13)19(24)28)23-10-20(11-23)5-7-21-8-6-20;/h1-2,9,15-17,21-22,25-26H,3-8,10-11H2;1H. The van der Waals surface area contributed by atoms with Crippen molar-refractivity contribution in [2.45, 2.75) is 44.2 Å². The van der Waals surface area contributed by atoms with Gasteiger partial charge in [0, 0.05) is 24.2 Å². The van der Waals surface area contributed by atoms with Gasteiger partial charge in [-0.15, -0.1) is 12.4 Å². The summed E-state index contributed by atoms with van der Waals surface area (Å²) in [4.78, 5) is 29.2. The monoisotopic (exact) mass is 422 g/mol. The van der Waals surface area contributed by atoms with E-state index in [1.165, 1.54) is 12.8 Å². The van der Waals surface area contributed by atoms with Gasteiger partial charge in [-0.25, -0.2) is 0 Å². The normalized spacial score (nSPS) is 30.8. The van der Waals surface area contributed by atoms with Gasteiger partial charge in [0.25, 0.3) is 11.8 Å². The second-order valence-electron chi connectivity index (χ2n) is 8.59. The van der Waals surface area contributed by atoms with Gasteiger partial charge in [0.15, 0.2) is 0 Å². The first kappa shape index (κ1) is 20.6. The van der Waals surface area contributed by atoms with Crippen LogP contribution in [-0.2, 0) is 0 Å². The molecule has 5 rings (SSSR count). The summed E-state index contributed by atoms with van der Waals surface area (Å²) in [6.07, 6.45) is 1.17. The molecule has 4 aliphatic rings. The van der Waals surface area contributed by atoms with E-state index in [4.69, 9.17) is 0 Å². The van der Waals surface area contributed by atoms with Crippen LogP contribution >= 0.6 is 12.4 Å². The van der Waals surface area contributed by atoms with Crippen LogP contribution in [0.25, 0.3) is 0 Å². The number of nitrogens with zero attached hydrogens (tertiary/aromatic N) is 2. The number of carbonyl (C=O) groups is 2. The Labute approximate surface area is 175 Å². The highest BCUT2D eigenvalue weighted by molar-refractivity contribution is 6.22. The highest BCUT2D eigenvalue weighted by atomic mass is 35.5. The van der Waals surface area contributed by atoms with Crippen LogP contribution in [0.15, 0.2) is 18.2 Å². The minimum atomic E-state index is -1.12. The van der Waals surface area contributed by atoms with E-state index in [9.17, 15) is 19.8 Å². The number of anilines is 1. The van der Waals surface area contributed by atoms with Crippen LogP contribution in [-0.4, -0.2) is 71.6 Å². The van der Waals surface area contributed by atoms with Crippen LogP contribution < -0.4 is 15.5 Å². The van der Waals surface area contributed by atoms with Crippen LogP contribution in [0.3, 0.4) is 0 Å². The molecule has 158 valence electrons. The lowest BCUT2D eigenvalue weighted by atomic mass is 9.72. The van der Waals surface area contributed by atoms with E-state index in [0.717, 1.165) is 36.8 Å². The number of imide groups is 1. The molecule has 1 aromatic rings. The molecule has 4 aliphatic heterocycles. The Balaban J connectivity index is 0.00000205. The summed E-state index contributed by atoms with van der Waals surface area (Å²) in [5.74, 6) is -0.728. The molecular formula is C20H27ClN4O4. The second kappa shape index (κ2) is 7.52. The highest BCUT2D eigenvalue weighted by Crippen LogP contribution is 2.42. The summed E-state index contributed by atoms with van der Waals surface area (Å²) in [5.41, 5.74) is 2.16. The third-order valence-corrected chi connectivity index (χ3v) is 6.78. The fourth-order valence-electron chi connectivity index (χ4n) is 5.11. The predicted octanol–water partition coefficient (Wildman–Crippen LogP) is 0.283. The lowest BCUT2D eigenvalue weighted by molar-refractivity contribution is -0.0413. The van der Waals surface area contributed by atoms with Crippen LogP contribution in [0.2, 0.25) is 0 Å². The number of nitrogens with one attached hydrogen (secondary N) is 2. The predicted molar refractivity (Wildman–Crippen MR) is 109 cm³/mol. The number of hydrogen-bond acceptors (Lipinski definition) is 7. The summed E-state index contributed by atoms with van der Waals surface area (Å²) in [6.45, 7) is 4.10. The van der Waals surface area contributed by atoms with Crippen LogP contribution in [0.1, 0.15) is 46.4 Å². The number of piperidine rings is 2. The van der Waals surface area contributed by atoms with Crippen molar-refractivity contribution < 1.29 is 19.8 Å². The fraction of sp³-hybridized carbons (Fsp3) is 0.600. The molecule has 29 heavy (non-hydrogen) atoms. The van der Waals surface area contributed by atoms with E-state index in [2.05, 4.69) is 15.5 Å². The SMILES string of the molecule is Cl.O=C1c2ccc(N3CC4(CCNCC4)C3)cc2C(=O)N1C1CCC(O)NC1O. The molecule has 3 saturated heterocycles. The third-order valence-electron chi connectivity index (χ3n) is 6.78. The summed E-state index contributed by atoms with van der Waals surface area (Å²) in [6, 6.07) is 4.80. The van der Waals surface area contributed by atoms with Crippen molar-refractivity contribution in [3.05, 3.63) is 29.3 Å². The minimum absolute atomic E-state index is 0.